The standard InChI is InChI=1S/C8H7N2/c1-6-2-3-8(10)4-7(6)5-9/h2,4H,10H2,1H3. The van der Waals surface area contributed by atoms with Gasteiger partial charge in [-0.3, -0.25) is 0 Å². The van der Waals surface area contributed by atoms with Gasteiger partial charge >= 0.3 is 0 Å². The van der Waals surface area contributed by atoms with Crippen LogP contribution in [-0.2, 0) is 0 Å². The largest absolute Gasteiger partial charge is 0.398 e. The molecule has 49 valence electrons. The molecule has 10 heavy (non-hydrogen) atoms. The third-order valence-corrected chi connectivity index (χ3v) is 1.30. The van der Waals surface area contributed by atoms with Crippen molar-refractivity contribution in [2.24, 2.45) is 0 Å². The fraction of sp³-hybridized carbons (Fsp3) is 0.125. The molecule has 0 bridgehead atoms. The smallest absolute Gasteiger partial charge is 0.0995 e. The Labute approximate surface area is 59.9 Å². The second-order valence-electron chi connectivity index (χ2n) is 2.10. The predicted octanol–water partition coefficient (Wildman–Crippen LogP) is 1.25. The van der Waals surface area contributed by atoms with Crippen LogP contribution in [0.1, 0.15) is 11.1 Å². The van der Waals surface area contributed by atoms with Gasteiger partial charge in [0.2, 0.25) is 0 Å². The molecule has 2 heteroatoms. The van der Waals surface area contributed by atoms with Gasteiger partial charge in [-0.25, -0.2) is 0 Å². The average molecular weight is 131 g/mol. The van der Waals surface area contributed by atoms with Crippen LogP contribution in [0.3, 0.4) is 0 Å². The molecule has 1 rings (SSSR count). The van der Waals surface area contributed by atoms with E-state index in [0.29, 0.717) is 11.3 Å². The molecule has 0 atom stereocenters. The Morgan fingerprint density at radius 1 is 1.70 bits per heavy atom. The number of hydrogen-bond donors (Lipinski definition) is 1. The molecule has 0 aromatic heterocycles. The summed E-state index contributed by atoms with van der Waals surface area (Å²) in [6, 6.07) is 8.17. The van der Waals surface area contributed by atoms with Crippen molar-refractivity contribution in [1.82, 2.24) is 0 Å². The van der Waals surface area contributed by atoms with Gasteiger partial charge < -0.3 is 5.73 Å². The normalized spacial score (nSPS) is 8.80. The van der Waals surface area contributed by atoms with E-state index >= 15 is 0 Å². The van der Waals surface area contributed by atoms with Crippen molar-refractivity contribution in [3.05, 3.63) is 29.3 Å². The number of benzene rings is 1. The first kappa shape index (κ1) is 6.63. The van der Waals surface area contributed by atoms with Crippen LogP contribution in [0, 0.1) is 24.3 Å². The van der Waals surface area contributed by atoms with Crippen LogP contribution in [-0.4, -0.2) is 0 Å². The zero-order chi connectivity index (χ0) is 7.56. The van der Waals surface area contributed by atoms with Crippen molar-refractivity contribution >= 4 is 5.69 Å². The monoisotopic (exact) mass is 131 g/mol. The highest BCUT2D eigenvalue weighted by molar-refractivity contribution is 5.48. The molecule has 0 amide bonds. The summed E-state index contributed by atoms with van der Waals surface area (Å²) < 4.78 is 0. The number of nitrogens with zero attached hydrogens (tertiary/aromatic N) is 1. The van der Waals surface area contributed by atoms with Crippen LogP contribution in [0.15, 0.2) is 12.1 Å². The molecule has 0 saturated carbocycles. The number of nitrogens with two attached hydrogens (primary N) is 1. The molecule has 0 saturated heterocycles. The lowest BCUT2D eigenvalue weighted by atomic mass is 10.1. The van der Waals surface area contributed by atoms with E-state index in [1.165, 1.54) is 0 Å². The lowest BCUT2D eigenvalue weighted by Gasteiger charge is -1.95. The summed E-state index contributed by atoms with van der Waals surface area (Å²) in [6.07, 6.45) is 0. The molecule has 1 aromatic carbocycles. The minimum Gasteiger partial charge on any atom is -0.398 e. The lowest BCUT2D eigenvalue weighted by Crippen LogP contribution is -1.88. The zero-order valence-electron chi connectivity index (χ0n) is 5.68. The summed E-state index contributed by atoms with van der Waals surface area (Å²) in [7, 11) is 0. The topological polar surface area (TPSA) is 49.8 Å². The number of rotatable bonds is 0. The van der Waals surface area contributed by atoms with Gasteiger partial charge in [0, 0.05) is 11.8 Å². The third kappa shape index (κ3) is 1.08. The Kier molecular flexibility index (Phi) is 1.59. The Balaban J connectivity index is 3.25. The van der Waals surface area contributed by atoms with Crippen molar-refractivity contribution in [2.75, 3.05) is 5.73 Å². The van der Waals surface area contributed by atoms with Crippen LogP contribution in [0.2, 0.25) is 0 Å². The van der Waals surface area contributed by atoms with Crippen LogP contribution in [0.25, 0.3) is 0 Å². The number of hydrogen-bond acceptors (Lipinski definition) is 2. The fourth-order valence-corrected chi connectivity index (χ4v) is 0.701. The SMILES string of the molecule is Cc1c[c]c(N)cc1C#N. The Hall–Kier alpha value is -1.49. The molecule has 0 unspecified atom stereocenters. The molecule has 0 aliphatic carbocycles. The number of anilines is 1. The van der Waals surface area contributed by atoms with Gasteiger partial charge in [-0.15, -0.1) is 0 Å². The van der Waals surface area contributed by atoms with Crippen molar-refractivity contribution in [3.63, 3.8) is 0 Å². The van der Waals surface area contributed by atoms with Crippen molar-refractivity contribution in [2.45, 2.75) is 6.92 Å². The van der Waals surface area contributed by atoms with E-state index in [9.17, 15) is 0 Å². The Bertz CT molecular complexity index is 284. The molecule has 1 aromatic rings. The maximum absolute atomic E-state index is 8.52. The van der Waals surface area contributed by atoms with E-state index in [1.54, 1.807) is 12.1 Å². The van der Waals surface area contributed by atoms with E-state index in [1.807, 2.05) is 13.0 Å². The molecule has 2 N–H and O–H groups in total. The first-order valence-electron chi connectivity index (χ1n) is 2.92. The van der Waals surface area contributed by atoms with Gasteiger partial charge in [0.05, 0.1) is 11.6 Å². The summed E-state index contributed by atoms with van der Waals surface area (Å²) in [5.74, 6) is 0. The second kappa shape index (κ2) is 2.40. The third-order valence-electron chi connectivity index (χ3n) is 1.30. The Morgan fingerprint density at radius 2 is 2.40 bits per heavy atom. The van der Waals surface area contributed by atoms with Crippen LogP contribution < -0.4 is 5.73 Å². The van der Waals surface area contributed by atoms with E-state index in [4.69, 9.17) is 11.0 Å². The molecule has 0 fully saturated rings. The first-order chi connectivity index (χ1) is 4.74. The molecule has 0 spiro atoms. The van der Waals surface area contributed by atoms with Gasteiger partial charge in [0.1, 0.15) is 0 Å². The number of nitriles is 1. The highest BCUT2D eigenvalue weighted by Gasteiger charge is 1.95. The van der Waals surface area contributed by atoms with Gasteiger partial charge in [-0.2, -0.15) is 5.26 Å². The van der Waals surface area contributed by atoms with Gasteiger partial charge in [-0.1, -0.05) is 0 Å². The fourth-order valence-electron chi connectivity index (χ4n) is 0.701. The van der Waals surface area contributed by atoms with Crippen molar-refractivity contribution in [3.8, 4) is 6.07 Å². The minimum absolute atomic E-state index is 0.516. The summed E-state index contributed by atoms with van der Waals surface area (Å²) in [5, 5.41) is 8.52. The first-order valence-corrected chi connectivity index (χ1v) is 2.92. The van der Waals surface area contributed by atoms with E-state index in [0.717, 1.165) is 5.56 Å². The Morgan fingerprint density at radius 3 is 2.90 bits per heavy atom. The van der Waals surface area contributed by atoms with E-state index in [2.05, 4.69) is 6.07 Å². The zero-order valence-corrected chi connectivity index (χ0v) is 5.68. The molecule has 0 aliphatic heterocycles. The van der Waals surface area contributed by atoms with Gasteiger partial charge in [0.25, 0.3) is 0 Å². The summed E-state index contributed by atoms with van der Waals surface area (Å²) in [6.45, 7) is 1.86. The molecule has 2 nitrogen and oxygen atoms in total. The highest BCUT2D eigenvalue weighted by Crippen LogP contribution is 2.09. The lowest BCUT2D eigenvalue weighted by molar-refractivity contribution is 1.39. The quantitative estimate of drug-likeness (QED) is 0.538. The molecule has 1 radical (unpaired) electrons. The second-order valence-corrected chi connectivity index (χ2v) is 2.10. The molecule has 0 heterocycles. The predicted molar refractivity (Wildman–Crippen MR) is 39.1 cm³/mol. The summed E-state index contributed by atoms with van der Waals surface area (Å²) in [5.41, 5.74) is 7.45. The van der Waals surface area contributed by atoms with E-state index in [-0.39, 0.29) is 0 Å². The summed E-state index contributed by atoms with van der Waals surface area (Å²) >= 11 is 0. The van der Waals surface area contributed by atoms with Crippen molar-refractivity contribution in [1.29, 1.82) is 5.26 Å². The van der Waals surface area contributed by atoms with Gasteiger partial charge in [-0.05, 0) is 24.6 Å². The van der Waals surface area contributed by atoms with E-state index < -0.39 is 0 Å². The van der Waals surface area contributed by atoms with Crippen LogP contribution in [0.5, 0.6) is 0 Å². The molecular weight excluding hydrogens is 124 g/mol. The van der Waals surface area contributed by atoms with Crippen molar-refractivity contribution < 1.29 is 0 Å². The number of aryl methyl sites for hydroxylation is 1. The minimum atomic E-state index is 0.516. The molecule has 0 aliphatic rings. The van der Waals surface area contributed by atoms with Gasteiger partial charge in [0.15, 0.2) is 0 Å². The summed E-state index contributed by atoms with van der Waals surface area (Å²) in [4.78, 5) is 0. The maximum atomic E-state index is 8.52. The van der Waals surface area contributed by atoms with Crippen LogP contribution >= 0.6 is 0 Å². The maximum Gasteiger partial charge on any atom is 0.0995 e. The number of nitrogen functional groups attached to an aromatic ring is 1. The van der Waals surface area contributed by atoms with Crippen LogP contribution in [0.4, 0.5) is 5.69 Å². The average Bonchev–Trinajstić information content (AvgIpc) is 1.94. The highest BCUT2D eigenvalue weighted by atomic mass is 14.5. The molecular formula is C8H7N2.